The summed E-state index contributed by atoms with van der Waals surface area (Å²) in [5, 5.41) is 3.00. The van der Waals surface area contributed by atoms with Gasteiger partial charge < -0.3 is 10.2 Å². The van der Waals surface area contributed by atoms with Crippen molar-refractivity contribution in [3.63, 3.8) is 0 Å². The fourth-order valence-corrected chi connectivity index (χ4v) is 4.59. The van der Waals surface area contributed by atoms with Crippen molar-refractivity contribution in [1.82, 2.24) is 10.2 Å². The number of hydrogen-bond acceptors (Lipinski definition) is 4. The summed E-state index contributed by atoms with van der Waals surface area (Å²) >= 11 is 6.19. The van der Waals surface area contributed by atoms with Crippen molar-refractivity contribution in [1.29, 1.82) is 0 Å². The quantitative estimate of drug-likeness (QED) is 0.567. The van der Waals surface area contributed by atoms with E-state index in [1.165, 1.54) is 11.9 Å². The molecular formula is C23H30ClN3O4S. The van der Waals surface area contributed by atoms with E-state index in [4.69, 9.17) is 11.6 Å². The number of anilines is 1. The van der Waals surface area contributed by atoms with E-state index in [1.54, 1.807) is 25.1 Å². The first kappa shape index (κ1) is 25.7. The van der Waals surface area contributed by atoms with Gasteiger partial charge in [0.05, 0.1) is 11.9 Å². The van der Waals surface area contributed by atoms with Gasteiger partial charge in [0.15, 0.2) is 0 Å². The zero-order valence-corrected chi connectivity index (χ0v) is 20.4. The molecule has 0 aliphatic carbocycles. The van der Waals surface area contributed by atoms with Crippen molar-refractivity contribution in [2.24, 2.45) is 0 Å². The molecular weight excluding hydrogens is 450 g/mol. The molecule has 2 aromatic carbocycles. The largest absolute Gasteiger partial charge is 0.357 e. The Balaban J connectivity index is 2.38. The molecule has 174 valence electrons. The number of sulfonamides is 1. The molecule has 0 bridgehead atoms. The lowest BCUT2D eigenvalue weighted by atomic mass is 10.1. The van der Waals surface area contributed by atoms with Crippen LogP contribution in [0.4, 0.5) is 5.69 Å². The Kier molecular flexibility index (Phi) is 9.09. The van der Waals surface area contributed by atoms with Crippen molar-refractivity contribution in [2.75, 3.05) is 30.7 Å². The number of nitrogens with zero attached hydrogens (tertiary/aromatic N) is 2. The molecule has 0 fully saturated rings. The second-order valence-corrected chi connectivity index (χ2v) is 9.83. The van der Waals surface area contributed by atoms with Crippen molar-refractivity contribution in [3.05, 3.63) is 64.7 Å². The predicted molar refractivity (Wildman–Crippen MR) is 128 cm³/mol. The number of carbonyl (C=O) groups is 2. The Bertz CT molecular complexity index is 1040. The maximum absolute atomic E-state index is 13.4. The predicted octanol–water partition coefficient (Wildman–Crippen LogP) is 3.01. The van der Waals surface area contributed by atoms with Gasteiger partial charge in [0, 0.05) is 18.6 Å². The van der Waals surface area contributed by atoms with E-state index >= 15 is 0 Å². The highest BCUT2D eigenvalue weighted by Gasteiger charge is 2.31. The number of likely N-dealkylation sites (N-methyl/N-ethyl adjacent to an activating group) is 1. The second-order valence-electron chi connectivity index (χ2n) is 7.51. The van der Waals surface area contributed by atoms with E-state index in [1.807, 2.05) is 37.3 Å². The molecule has 7 nitrogen and oxygen atoms in total. The van der Waals surface area contributed by atoms with Gasteiger partial charge in [0.2, 0.25) is 21.8 Å². The van der Waals surface area contributed by atoms with Gasteiger partial charge in [-0.25, -0.2) is 8.42 Å². The smallest absolute Gasteiger partial charge is 0.244 e. The third-order valence-corrected chi connectivity index (χ3v) is 6.84. The summed E-state index contributed by atoms with van der Waals surface area (Å²) in [4.78, 5) is 27.4. The van der Waals surface area contributed by atoms with Crippen molar-refractivity contribution < 1.29 is 18.0 Å². The van der Waals surface area contributed by atoms with E-state index in [-0.39, 0.29) is 12.5 Å². The van der Waals surface area contributed by atoms with Crippen LogP contribution in [0.2, 0.25) is 5.02 Å². The van der Waals surface area contributed by atoms with Gasteiger partial charge >= 0.3 is 0 Å². The fourth-order valence-electron chi connectivity index (χ4n) is 3.52. The number of halogens is 1. The summed E-state index contributed by atoms with van der Waals surface area (Å²) in [5.74, 6) is -0.750. The van der Waals surface area contributed by atoms with E-state index in [0.29, 0.717) is 29.1 Å². The Hall–Kier alpha value is -2.58. The monoisotopic (exact) mass is 479 g/mol. The zero-order valence-electron chi connectivity index (χ0n) is 18.8. The minimum absolute atomic E-state index is 0.279. The summed E-state index contributed by atoms with van der Waals surface area (Å²) in [6.45, 7) is 3.37. The standard InChI is InChI=1S/C23H30ClN3O4S/c1-5-20(23(29)25-3)26(15-14-18-10-7-6-8-11-18)22(28)16-27(32(4,30)31)21-13-9-12-19(24)17(21)2/h6-13,20H,5,14-16H2,1-4H3,(H,25,29). The number of hydrogen-bond donors (Lipinski definition) is 1. The highest BCUT2D eigenvalue weighted by Crippen LogP contribution is 2.28. The van der Waals surface area contributed by atoms with Crippen LogP contribution in [0.15, 0.2) is 48.5 Å². The second kappa shape index (κ2) is 11.3. The lowest BCUT2D eigenvalue weighted by molar-refractivity contribution is -0.139. The van der Waals surface area contributed by atoms with E-state index in [0.717, 1.165) is 16.1 Å². The summed E-state index contributed by atoms with van der Waals surface area (Å²) in [6, 6.07) is 13.8. The molecule has 2 amide bonds. The average molecular weight is 480 g/mol. The first-order chi connectivity index (χ1) is 15.1. The number of rotatable bonds is 10. The molecule has 0 spiro atoms. The van der Waals surface area contributed by atoms with E-state index in [9.17, 15) is 18.0 Å². The van der Waals surface area contributed by atoms with Crippen LogP contribution in [0.5, 0.6) is 0 Å². The molecule has 9 heteroatoms. The van der Waals surface area contributed by atoms with Gasteiger partial charge in [0.25, 0.3) is 0 Å². The summed E-state index contributed by atoms with van der Waals surface area (Å²) < 4.78 is 26.2. The van der Waals surface area contributed by atoms with Crippen LogP contribution in [0.3, 0.4) is 0 Å². The van der Waals surface area contributed by atoms with Gasteiger partial charge in [-0.3, -0.25) is 13.9 Å². The fraction of sp³-hybridized carbons (Fsp3) is 0.391. The molecule has 1 N–H and O–H groups in total. The van der Waals surface area contributed by atoms with Crippen LogP contribution in [0, 0.1) is 6.92 Å². The third-order valence-electron chi connectivity index (χ3n) is 5.30. The molecule has 2 rings (SSSR count). The minimum Gasteiger partial charge on any atom is -0.357 e. The molecule has 32 heavy (non-hydrogen) atoms. The van der Waals surface area contributed by atoms with Crippen LogP contribution < -0.4 is 9.62 Å². The number of nitrogens with one attached hydrogen (secondary N) is 1. The van der Waals surface area contributed by atoms with Crippen LogP contribution in [-0.4, -0.2) is 57.6 Å². The summed E-state index contributed by atoms with van der Waals surface area (Å²) in [5.41, 5.74) is 1.91. The van der Waals surface area contributed by atoms with Crippen molar-refractivity contribution in [3.8, 4) is 0 Å². The minimum atomic E-state index is -3.78. The lowest BCUT2D eigenvalue weighted by Gasteiger charge is -2.33. The average Bonchev–Trinajstić information content (AvgIpc) is 2.76. The Morgan fingerprint density at radius 3 is 2.31 bits per heavy atom. The van der Waals surface area contributed by atoms with Gasteiger partial charge in [-0.1, -0.05) is 54.9 Å². The molecule has 2 aromatic rings. The zero-order chi connectivity index (χ0) is 23.9. The molecule has 0 radical (unpaired) electrons. The highest BCUT2D eigenvalue weighted by atomic mass is 35.5. The maximum Gasteiger partial charge on any atom is 0.244 e. The summed E-state index contributed by atoms with van der Waals surface area (Å²) in [7, 11) is -2.27. The molecule has 0 aromatic heterocycles. The van der Waals surface area contributed by atoms with Gasteiger partial charge in [-0.15, -0.1) is 0 Å². The SMILES string of the molecule is CCC(C(=O)NC)N(CCc1ccccc1)C(=O)CN(c1cccc(Cl)c1C)S(C)(=O)=O. The maximum atomic E-state index is 13.4. The first-order valence-corrected chi connectivity index (χ1v) is 12.6. The number of amides is 2. The van der Waals surface area contributed by atoms with Crippen LogP contribution in [-0.2, 0) is 26.0 Å². The van der Waals surface area contributed by atoms with Crippen LogP contribution in [0.25, 0.3) is 0 Å². The molecule has 0 heterocycles. The van der Waals surface area contributed by atoms with E-state index < -0.39 is 28.5 Å². The molecule has 0 saturated carbocycles. The molecule has 0 saturated heterocycles. The number of benzene rings is 2. The molecule has 1 unspecified atom stereocenters. The number of carbonyl (C=O) groups excluding carboxylic acids is 2. The van der Waals surface area contributed by atoms with Crippen molar-refractivity contribution in [2.45, 2.75) is 32.7 Å². The normalized spacial score (nSPS) is 12.2. The van der Waals surface area contributed by atoms with Crippen LogP contribution >= 0.6 is 11.6 Å². The highest BCUT2D eigenvalue weighted by molar-refractivity contribution is 7.92. The Morgan fingerprint density at radius 2 is 1.75 bits per heavy atom. The molecule has 0 aliphatic heterocycles. The van der Waals surface area contributed by atoms with Gasteiger partial charge in [0.1, 0.15) is 12.6 Å². The molecule has 1 atom stereocenters. The topological polar surface area (TPSA) is 86.8 Å². The lowest BCUT2D eigenvalue weighted by Crippen LogP contribution is -2.52. The van der Waals surface area contributed by atoms with E-state index in [2.05, 4.69) is 5.32 Å². The van der Waals surface area contributed by atoms with Crippen molar-refractivity contribution >= 4 is 39.1 Å². The third kappa shape index (κ3) is 6.46. The Morgan fingerprint density at radius 1 is 1.09 bits per heavy atom. The molecule has 0 aliphatic rings. The van der Waals surface area contributed by atoms with Gasteiger partial charge in [-0.2, -0.15) is 0 Å². The van der Waals surface area contributed by atoms with Crippen LogP contribution in [0.1, 0.15) is 24.5 Å². The summed E-state index contributed by atoms with van der Waals surface area (Å²) in [6.07, 6.45) is 1.98. The Labute approximate surface area is 195 Å². The first-order valence-electron chi connectivity index (χ1n) is 10.4. The van der Waals surface area contributed by atoms with Gasteiger partial charge in [-0.05, 0) is 43.0 Å².